The van der Waals surface area contributed by atoms with Crippen LogP contribution < -0.4 is 0 Å². The Morgan fingerprint density at radius 2 is 1.87 bits per heavy atom. The predicted octanol–water partition coefficient (Wildman–Crippen LogP) is 3.48. The highest BCUT2D eigenvalue weighted by molar-refractivity contribution is 5.79. The zero-order valence-electron chi connectivity index (χ0n) is 17.9. The lowest BCUT2D eigenvalue weighted by atomic mass is 9.96. The molecule has 7 nitrogen and oxygen atoms in total. The molecular formula is C24H26N6O. The zero-order chi connectivity index (χ0) is 21.4. The number of para-hydroxylation sites is 1. The summed E-state index contributed by atoms with van der Waals surface area (Å²) >= 11 is 0. The number of likely N-dealkylation sites (tertiary alicyclic amines) is 1. The molecule has 31 heavy (non-hydrogen) atoms. The number of benzene rings is 1. The van der Waals surface area contributed by atoms with Crippen LogP contribution in [0.4, 0.5) is 0 Å². The number of hydrogen-bond donors (Lipinski definition) is 0. The van der Waals surface area contributed by atoms with Gasteiger partial charge in [0.05, 0.1) is 17.8 Å². The van der Waals surface area contributed by atoms with E-state index >= 15 is 0 Å². The SMILES string of the molecule is Cc1nn(-c2ccccc2)c(C)c1CC(=O)N1CCCC(c2nnc3ccccn23)C1. The van der Waals surface area contributed by atoms with Gasteiger partial charge in [-0.2, -0.15) is 5.10 Å². The molecule has 1 amide bonds. The highest BCUT2D eigenvalue weighted by atomic mass is 16.2. The van der Waals surface area contributed by atoms with Crippen LogP contribution in [0.5, 0.6) is 0 Å². The van der Waals surface area contributed by atoms with E-state index in [0.717, 1.165) is 53.5 Å². The molecule has 1 aromatic carbocycles. The Morgan fingerprint density at radius 3 is 2.71 bits per heavy atom. The predicted molar refractivity (Wildman–Crippen MR) is 118 cm³/mol. The Bertz CT molecular complexity index is 1230. The number of carbonyl (C=O) groups excluding carboxylic acids is 1. The Kier molecular flexibility index (Phi) is 5.02. The van der Waals surface area contributed by atoms with Gasteiger partial charge in [-0.05, 0) is 51.0 Å². The molecule has 0 N–H and O–H groups in total. The van der Waals surface area contributed by atoms with E-state index in [-0.39, 0.29) is 11.8 Å². The third-order valence-corrected chi connectivity index (χ3v) is 6.25. The van der Waals surface area contributed by atoms with Crippen LogP contribution in [0.2, 0.25) is 0 Å². The third-order valence-electron chi connectivity index (χ3n) is 6.25. The van der Waals surface area contributed by atoms with Crippen molar-refractivity contribution in [2.24, 2.45) is 0 Å². The maximum atomic E-state index is 13.2. The second-order valence-corrected chi connectivity index (χ2v) is 8.24. The van der Waals surface area contributed by atoms with E-state index < -0.39 is 0 Å². The maximum absolute atomic E-state index is 13.2. The number of fused-ring (bicyclic) bond motifs is 1. The van der Waals surface area contributed by atoms with Crippen molar-refractivity contribution in [2.75, 3.05) is 13.1 Å². The molecule has 1 aliphatic rings. The standard InChI is InChI=1S/C24H26N6O/c1-17-21(18(2)30(27-17)20-10-4-3-5-11-20)15-23(31)28-13-8-9-19(16-28)24-26-25-22-12-6-7-14-29(22)24/h3-7,10-12,14,19H,8-9,13,15-16H2,1-2H3. The molecule has 0 bridgehead atoms. The molecule has 1 fully saturated rings. The molecule has 0 spiro atoms. The largest absolute Gasteiger partial charge is 0.342 e. The van der Waals surface area contributed by atoms with Crippen molar-refractivity contribution in [3.8, 4) is 5.69 Å². The first-order chi connectivity index (χ1) is 15.1. The van der Waals surface area contributed by atoms with Gasteiger partial charge in [-0.3, -0.25) is 9.20 Å². The fourth-order valence-electron chi connectivity index (χ4n) is 4.57. The lowest BCUT2D eigenvalue weighted by Gasteiger charge is -2.32. The summed E-state index contributed by atoms with van der Waals surface area (Å²) < 4.78 is 3.97. The summed E-state index contributed by atoms with van der Waals surface area (Å²) in [6.45, 7) is 5.49. The van der Waals surface area contributed by atoms with Crippen LogP contribution in [-0.2, 0) is 11.2 Å². The van der Waals surface area contributed by atoms with E-state index in [1.165, 1.54) is 0 Å². The number of nitrogens with zero attached hydrogens (tertiary/aromatic N) is 6. The number of rotatable bonds is 4. The molecule has 0 saturated carbocycles. The van der Waals surface area contributed by atoms with Crippen LogP contribution in [0.25, 0.3) is 11.3 Å². The molecule has 3 aromatic heterocycles. The molecule has 0 radical (unpaired) electrons. The number of aromatic nitrogens is 5. The summed E-state index contributed by atoms with van der Waals surface area (Å²) in [5, 5.41) is 13.4. The fourth-order valence-corrected chi connectivity index (χ4v) is 4.57. The molecule has 0 aliphatic carbocycles. The monoisotopic (exact) mass is 414 g/mol. The van der Waals surface area contributed by atoms with Gasteiger partial charge in [0.2, 0.25) is 5.91 Å². The van der Waals surface area contributed by atoms with Crippen molar-refractivity contribution < 1.29 is 4.79 Å². The lowest BCUT2D eigenvalue weighted by molar-refractivity contribution is -0.131. The van der Waals surface area contributed by atoms with Crippen LogP contribution in [0.15, 0.2) is 54.7 Å². The number of amides is 1. The van der Waals surface area contributed by atoms with Gasteiger partial charge in [0.25, 0.3) is 0 Å². The van der Waals surface area contributed by atoms with Crippen molar-refractivity contribution in [3.05, 3.63) is 77.5 Å². The molecule has 1 aliphatic heterocycles. The normalized spacial score (nSPS) is 16.7. The van der Waals surface area contributed by atoms with Gasteiger partial charge < -0.3 is 4.90 Å². The second kappa shape index (κ2) is 7.98. The average Bonchev–Trinajstić information content (AvgIpc) is 3.36. The van der Waals surface area contributed by atoms with Crippen molar-refractivity contribution in [2.45, 2.75) is 39.0 Å². The summed E-state index contributed by atoms with van der Waals surface area (Å²) in [7, 11) is 0. The van der Waals surface area contributed by atoms with Gasteiger partial charge in [-0.1, -0.05) is 24.3 Å². The van der Waals surface area contributed by atoms with E-state index in [1.807, 2.05) is 82.6 Å². The Balaban J connectivity index is 1.35. The molecule has 1 unspecified atom stereocenters. The second-order valence-electron chi connectivity index (χ2n) is 8.24. The average molecular weight is 415 g/mol. The lowest BCUT2D eigenvalue weighted by Crippen LogP contribution is -2.40. The number of hydrogen-bond acceptors (Lipinski definition) is 4. The molecule has 4 aromatic rings. The third kappa shape index (κ3) is 3.60. The zero-order valence-corrected chi connectivity index (χ0v) is 17.9. The first-order valence-electron chi connectivity index (χ1n) is 10.8. The van der Waals surface area contributed by atoms with Crippen molar-refractivity contribution in [1.82, 2.24) is 29.3 Å². The summed E-state index contributed by atoms with van der Waals surface area (Å²) in [6.07, 6.45) is 4.36. The smallest absolute Gasteiger partial charge is 0.227 e. The number of pyridine rings is 1. The van der Waals surface area contributed by atoms with Gasteiger partial charge in [0.15, 0.2) is 5.65 Å². The van der Waals surface area contributed by atoms with Crippen molar-refractivity contribution >= 4 is 11.6 Å². The van der Waals surface area contributed by atoms with Crippen LogP contribution in [-0.4, -0.2) is 48.3 Å². The minimum Gasteiger partial charge on any atom is -0.342 e. The van der Waals surface area contributed by atoms with Crippen LogP contribution >= 0.6 is 0 Å². The number of carbonyl (C=O) groups is 1. The van der Waals surface area contributed by atoms with Crippen molar-refractivity contribution in [1.29, 1.82) is 0 Å². The number of aryl methyl sites for hydroxylation is 1. The molecule has 5 rings (SSSR count). The maximum Gasteiger partial charge on any atom is 0.227 e. The molecule has 1 atom stereocenters. The van der Waals surface area contributed by atoms with Gasteiger partial charge in [0.1, 0.15) is 5.82 Å². The van der Waals surface area contributed by atoms with Crippen LogP contribution in [0.3, 0.4) is 0 Å². The summed E-state index contributed by atoms with van der Waals surface area (Å²) in [5.74, 6) is 1.29. The first-order valence-corrected chi connectivity index (χ1v) is 10.8. The first kappa shape index (κ1) is 19.5. The van der Waals surface area contributed by atoms with E-state index in [0.29, 0.717) is 13.0 Å². The summed E-state index contributed by atoms with van der Waals surface area (Å²) in [6, 6.07) is 16.0. The summed E-state index contributed by atoms with van der Waals surface area (Å²) in [4.78, 5) is 15.2. The highest BCUT2D eigenvalue weighted by Crippen LogP contribution is 2.27. The molecule has 4 heterocycles. The molecular weight excluding hydrogens is 388 g/mol. The van der Waals surface area contributed by atoms with Gasteiger partial charge in [-0.25, -0.2) is 4.68 Å². The van der Waals surface area contributed by atoms with Gasteiger partial charge >= 0.3 is 0 Å². The fraction of sp³-hybridized carbons (Fsp3) is 0.333. The summed E-state index contributed by atoms with van der Waals surface area (Å²) in [5.41, 5.74) is 4.81. The Labute approximate surface area is 181 Å². The molecule has 7 heteroatoms. The van der Waals surface area contributed by atoms with Crippen LogP contribution in [0.1, 0.15) is 41.5 Å². The minimum atomic E-state index is 0.150. The quantitative estimate of drug-likeness (QED) is 0.513. The topological polar surface area (TPSA) is 68.3 Å². The van der Waals surface area contributed by atoms with Gasteiger partial charge in [0, 0.05) is 36.5 Å². The van der Waals surface area contributed by atoms with E-state index in [9.17, 15) is 4.79 Å². The van der Waals surface area contributed by atoms with Crippen LogP contribution in [0, 0.1) is 13.8 Å². The van der Waals surface area contributed by atoms with E-state index in [2.05, 4.69) is 10.2 Å². The van der Waals surface area contributed by atoms with E-state index in [4.69, 9.17) is 5.10 Å². The highest BCUT2D eigenvalue weighted by Gasteiger charge is 2.29. The minimum absolute atomic E-state index is 0.150. The van der Waals surface area contributed by atoms with Crippen molar-refractivity contribution in [3.63, 3.8) is 0 Å². The Morgan fingerprint density at radius 1 is 1.06 bits per heavy atom. The Hall–Kier alpha value is -3.48. The molecule has 1 saturated heterocycles. The number of piperidine rings is 1. The van der Waals surface area contributed by atoms with E-state index in [1.54, 1.807) is 0 Å². The molecule has 158 valence electrons. The van der Waals surface area contributed by atoms with Gasteiger partial charge in [-0.15, -0.1) is 10.2 Å².